The Balaban J connectivity index is 4.06. The first kappa shape index (κ1) is 11.8. The molecule has 0 unspecified atom stereocenters. The molecule has 0 atom stereocenters. The van der Waals surface area contributed by atoms with Crippen molar-refractivity contribution in [2.75, 3.05) is 20.0 Å². The molecule has 0 aromatic heterocycles. The van der Waals surface area contributed by atoms with Crippen LogP contribution in [0.4, 0.5) is 13.2 Å². The minimum atomic E-state index is -0.478. The first-order valence-electron chi connectivity index (χ1n) is 4.42. The Hall–Kier alpha value is -0.210. The van der Waals surface area contributed by atoms with Crippen molar-refractivity contribution < 1.29 is 13.2 Å². The van der Waals surface area contributed by atoms with Crippen LogP contribution in [0, 0.1) is 5.41 Å². The summed E-state index contributed by atoms with van der Waals surface area (Å²) in [5.41, 5.74) is -0.432. The van der Waals surface area contributed by atoms with E-state index in [-0.39, 0.29) is 19.3 Å². The Morgan fingerprint density at radius 2 is 1.17 bits per heavy atom. The van der Waals surface area contributed by atoms with E-state index < -0.39 is 25.4 Å². The number of halogens is 3. The largest absolute Gasteiger partial charge is 0.251 e. The second-order valence-electron chi connectivity index (χ2n) is 3.17. The summed E-state index contributed by atoms with van der Waals surface area (Å²) in [6.07, 6.45) is 1.52. The van der Waals surface area contributed by atoms with E-state index in [1.807, 2.05) is 6.92 Å². The summed E-state index contributed by atoms with van der Waals surface area (Å²) in [7, 11) is 0. The predicted octanol–water partition coefficient (Wildman–Crippen LogP) is 3.46. The first-order chi connectivity index (χ1) is 5.74. The lowest BCUT2D eigenvalue weighted by molar-refractivity contribution is 0.155. The molecular formula is C9H17F3. The maximum Gasteiger partial charge on any atom is 0.0899 e. The van der Waals surface area contributed by atoms with Crippen molar-refractivity contribution in [1.82, 2.24) is 0 Å². The molecule has 0 N–H and O–H groups in total. The lowest BCUT2D eigenvalue weighted by atomic mass is 9.77. The van der Waals surface area contributed by atoms with Crippen LogP contribution in [0.1, 0.15) is 32.6 Å². The van der Waals surface area contributed by atoms with Crippen LogP contribution >= 0.6 is 0 Å². The van der Waals surface area contributed by atoms with Crippen molar-refractivity contribution in [3.8, 4) is 0 Å². The quantitative estimate of drug-likeness (QED) is 0.565. The van der Waals surface area contributed by atoms with E-state index in [1.165, 1.54) is 0 Å². The number of rotatable bonds is 7. The fraction of sp³-hybridized carbons (Fsp3) is 1.00. The van der Waals surface area contributed by atoms with Gasteiger partial charge in [-0.3, -0.25) is 13.2 Å². The molecule has 12 heavy (non-hydrogen) atoms. The van der Waals surface area contributed by atoms with Crippen molar-refractivity contribution >= 4 is 0 Å². The van der Waals surface area contributed by atoms with Gasteiger partial charge in [-0.05, 0) is 24.7 Å². The Morgan fingerprint density at radius 3 is 1.33 bits per heavy atom. The topological polar surface area (TPSA) is 0 Å². The summed E-state index contributed by atoms with van der Waals surface area (Å²) in [4.78, 5) is 0. The van der Waals surface area contributed by atoms with Crippen molar-refractivity contribution in [1.29, 1.82) is 0 Å². The molecule has 0 bridgehead atoms. The molecule has 0 aliphatic heterocycles. The van der Waals surface area contributed by atoms with Crippen LogP contribution in [0.3, 0.4) is 0 Å². The van der Waals surface area contributed by atoms with Gasteiger partial charge in [-0.1, -0.05) is 13.3 Å². The minimum absolute atomic E-state index is 0.289. The number of hydrogen-bond acceptors (Lipinski definition) is 0. The van der Waals surface area contributed by atoms with Crippen LogP contribution in [0.2, 0.25) is 0 Å². The van der Waals surface area contributed by atoms with E-state index in [9.17, 15) is 13.2 Å². The van der Waals surface area contributed by atoms with Gasteiger partial charge in [-0.2, -0.15) is 0 Å². The summed E-state index contributed by atoms with van der Waals surface area (Å²) in [6, 6.07) is 0. The van der Waals surface area contributed by atoms with E-state index in [0.717, 1.165) is 0 Å². The van der Waals surface area contributed by atoms with Gasteiger partial charge in [-0.25, -0.2) is 0 Å². The van der Waals surface area contributed by atoms with Crippen molar-refractivity contribution in [3.63, 3.8) is 0 Å². The highest BCUT2D eigenvalue weighted by molar-refractivity contribution is 4.77. The normalized spacial score (nSPS) is 12.0. The van der Waals surface area contributed by atoms with Gasteiger partial charge in [0, 0.05) is 0 Å². The molecule has 0 aliphatic rings. The van der Waals surface area contributed by atoms with Crippen molar-refractivity contribution in [2.45, 2.75) is 32.6 Å². The van der Waals surface area contributed by atoms with E-state index in [0.29, 0.717) is 6.42 Å². The Kier molecular flexibility index (Phi) is 6.21. The second kappa shape index (κ2) is 6.32. The first-order valence-corrected chi connectivity index (χ1v) is 4.42. The van der Waals surface area contributed by atoms with Gasteiger partial charge in [0.1, 0.15) is 0 Å². The van der Waals surface area contributed by atoms with Gasteiger partial charge in [0.2, 0.25) is 0 Å². The highest BCUT2D eigenvalue weighted by Gasteiger charge is 2.27. The molecule has 0 saturated heterocycles. The number of hydrogen-bond donors (Lipinski definition) is 0. The third-order valence-electron chi connectivity index (χ3n) is 2.62. The molecule has 0 rings (SSSR count). The smallest absolute Gasteiger partial charge is 0.0899 e. The molecule has 74 valence electrons. The molecule has 0 aromatic carbocycles. The van der Waals surface area contributed by atoms with Crippen LogP contribution in [0.25, 0.3) is 0 Å². The highest BCUT2D eigenvalue weighted by Crippen LogP contribution is 2.34. The lowest BCUT2D eigenvalue weighted by Gasteiger charge is -2.29. The van der Waals surface area contributed by atoms with Gasteiger partial charge < -0.3 is 0 Å². The summed E-state index contributed by atoms with van der Waals surface area (Å²) >= 11 is 0. The van der Waals surface area contributed by atoms with Gasteiger partial charge in [0.15, 0.2) is 0 Å². The fourth-order valence-corrected chi connectivity index (χ4v) is 1.51. The zero-order valence-electron chi connectivity index (χ0n) is 7.58. The highest BCUT2D eigenvalue weighted by atomic mass is 19.1. The van der Waals surface area contributed by atoms with Crippen LogP contribution in [-0.4, -0.2) is 20.0 Å². The van der Waals surface area contributed by atoms with Crippen LogP contribution in [0.15, 0.2) is 0 Å². The Bertz CT molecular complexity index is 86.9. The summed E-state index contributed by atoms with van der Waals surface area (Å²) in [6.45, 7) is 0.427. The van der Waals surface area contributed by atoms with Crippen LogP contribution in [0.5, 0.6) is 0 Å². The molecular weight excluding hydrogens is 165 g/mol. The maximum atomic E-state index is 12.1. The van der Waals surface area contributed by atoms with Gasteiger partial charge in [0.25, 0.3) is 0 Å². The van der Waals surface area contributed by atoms with E-state index in [4.69, 9.17) is 0 Å². The molecule has 0 nitrogen and oxygen atoms in total. The van der Waals surface area contributed by atoms with E-state index in [2.05, 4.69) is 0 Å². The van der Waals surface area contributed by atoms with Crippen LogP contribution < -0.4 is 0 Å². The lowest BCUT2D eigenvalue weighted by Crippen LogP contribution is -2.22. The molecule has 0 amide bonds. The van der Waals surface area contributed by atoms with Gasteiger partial charge in [0.05, 0.1) is 20.0 Å². The van der Waals surface area contributed by atoms with E-state index >= 15 is 0 Å². The summed E-state index contributed by atoms with van der Waals surface area (Å²) < 4.78 is 36.2. The molecule has 0 radical (unpaired) electrons. The predicted molar refractivity (Wildman–Crippen MR) is 44.5 cm³/mol. The molecule has 0 heterocycles. The van der Waals surface area contributed by atoms with Gasteiger partial charge >= 0.3 is 0 Å². The average molecular weight is 182 g/mol. The third-order valence-corrected chi connectivity index (χ3v) is 2.62. The SMILES string of the molecule is CCC(CCF)(CCF)CCF. The monoisotopic (exact) mass is 182 g/mol. The second-order valence-corrected chi connectivity index (χ2v) is 3.17. The molecule has 0 aliphatic carbocycles. The third kappa shape index (κ3) is 3.46. The van der Waals surface area contributed by atoms with Crippen molar-refractivity contribution in [2.24, 2.45) is 5.41 Å². The zero-order valence-corrected chi connectivity index (χ0v) is 7.58. The number of alkyl halides is 3. The fourth-order valence-electron chi connectivity index (χ4n) is 1.51. The molecule has 0 fully saturated rings. The van der Waals surface area contributed by atoms with Crippen LogP contribution in [-0.2, 0) is 0 Å². The summed E-state index contributed by atoms with van der Waals surface area (Å²) in [5, 5.41) is 0. The summed E-state index contributed by atoms with van der Waals surface area (Å²) in [5.74, 6) is 0. The Labute approximate surface area is 72.2 Å². The van der Waals surface area contributed by atoms with E-state index in [1.54, 1.807) is 0 Å². The van der Waals surface area contributed by atoms with Crippen molar-refractivity contribution in [3.05, 3.63) is 0 Å². The molecule has 0 saturated carbocycles. The molecule has 0 aromatic rings. The average Bonchev–Trinajstić information content (AvgIpc) is 2.06. The molecule has 3 heteroatoms. The Morgan fingerprint density at radius 1 is 0.833 bits per heavy atom. The minimum Gasteiger partial charge on any atom is -0.251 e. The molecule has 0 spiro atoms. The standard InChI is InChI=1S/C9H17F3/c1-2-9(3-6-10,4-7-11)5-8-12/h2-8H2,1H3. The zero-order chi connectivity index (χ0) is 9.45. The van der Waals surface area contributed by atoms with Gasteiger partial charge in [-0.15, -0.1) is 0 Å². The maximum absolute atomic E-state index is 12.1.